The zero-order chi connectivity index (χ0) is 13.6. The Kier molecular flexibility index (Phi) is 2.99. The monoisotopic (exact) mass is 297 g/mol. The molecule has 2 heterocycles. The molecule has 3 rings (SSSR count). The molecule has 19 heavy (non-hydrogen) atoms. The fraction of sp³-hybridized carbons (Fsp3) is 0.231. The standard InChI is InChI=1S/C13H9Cl2NO3/c14-6-1-2-7(9(15)3-6)8-4-11(17)16-10-5-19-13(18)12(8)10/h1-3,8H,4-5H2,(H,16,17). The van der Waals surface area contributed by atoms with Gasteiger partial charge in [0.05, 0.1) is 11.3 Å². The lowest BCUT2D eigenvalue weighted by atomic mass is 9.85. The molecular formula is C13H9Cl2NO3. The van der Waals surface area contributed by atoms with Crippen LogP contribution in [0.4, 0.5) is 0 Å². The number of cyclic esters (lactones) is 1. The van der Waals surface area contributed by atoms with E-state index < -0.39 is 5.97 Å². The Morgan fingerprint density at radius 1 is 1.26 bits per heavy atom. The van der Waals surface area contributed by atoms with E-state index in [1.807, 2.05) is 0 Å². The molecule has 1 aromatic rings. The van der Waals surface area contributed by atoms with Gasteiger partial charge in [-0.25, -0.2) is 4.79 Å². The first-order valence-corrected chi connectivity index (χ1v) is 6.47. The molecule has 98 valence electrons. The van der Waals surface area contributed by atoms with Crippen LogP contribution in [-0.4, -0.2) is 18.5 Å². The van der Waals surface area contributed by atoms with Crippen molar-refractivity contribution < 1.29 is 14.3 Å². The van der Waals surface area contributed by atoms with Crippen molar-refractivity contribution in [3.63, 3.8) is 0 Å². The van der Waals surface area contributed by atoms with Gasteiger partial charge in [-0.2, -0.15) is 0 Å². The maximum atomic E-state index is 11.8. The highest BCUT2D eigenvalue weighted by atomic mass is 35.5. The lowest BCUT2D eigenvalue weighted by Gasteiger charge is -2.23. The number of carbonyl (C=O) groups excluding carboxylic acids is 2. The molecule has 0 saturated carbocycles. The summed E-state index contributed by atoms with van der Waals surface area (Å²) < 4.78 is 4.97. The van der Waals surface area contributed by atoms with Crippen LogP contribution in [0.1, 0.15) is 17.9 Å². The van der Waals surface area contributed by atoms with E-state index in [1.54, 1.807) is 18.2 Å². The van der Waals surface area contributed by atoms with Crippen LogP contribution in [0.15, 0.2) is 29.5 Å². The second kappa shape index (κ2) is 4.54. The number of rotatable bonds is 1. The molecule has 0 saturated heterocycles. The van der Waals surface area contributed by atoms with E-state index in [9.17, 15) is 9.59 Å². The van der Waals surface area contributed by atoms with Crippen molar-refractivity contribution in [3.8, 4) is 0 Å². The molecule has 1 N–H and O–H groups in total. The van der Waals surface area contributed by atoms with Crippen molar-refractivity contribution in [1.29, 1.82) is 0 Å². The van der Waals surface area contributed by atoms with Gasteiger partial charge in [-0.05, 0) is 17.7 Å². The first-order valence-electron chi connectivity index (χ1n) is 5.71. The molecular weight excluding hydrogens is 289 g/mol. The highest BCUT2D eigenvalue weighted by Gasteiger charge is 2.38. The lowest BCUT2D eigenvalue weighted by Crippen LogP contribution is -2.32. The number of hydrogen-bond acceptors (Lipinski definition) is 3. The molecule has 0 aliphatic carbocycles. The summed E-state index contributed by atoms with van der Waals surface area (Å²) in [5.74, 6) is -0.914. The van der Waals surface area contributed by atoms with Crippen LogP contribution in [0.25, 0.3) is 0 Å². The summed E-state index contributed by atoms with van der Waals surface area (Å²) in [5, 5.41) is 3.62. The maximum absolute atomic E-state index is 11.8. The number of nitrogens with one attached hydrogen (secondary N) is 1. The Hall–Kier alpha value is -1.52. The molecule has 0 spiro atoms. The third kappa shape index (κ3) is 2.11. The minimum absolute atomic E-state index is 0.113. The number of carbonyl (C=O) groups is 2. The molecule has 0 bridgehead atoms. The van der Waals surface area contributed by atoms with E-state index >= 15 is 0 Å². The van der Waals surface area contributed by atoms with Crippen molar-refractivity contribution in [2.24, 2.45) is 0 Å². The van der Waals surface area contributed by atoms with E-state index in [1.165, 1.54) is 0 Å². The largest absolute Gasteiger partial charge is 0.456 e. The summed E-state index contributed by atoms with van der Waals surface area (Å²) in [7, 11) is 0. The topological polar surface area (TPSA) is 55.4 Å². The molecule has 0 fully saturated rings. The molecule has 2 aliphatic heterocycles. The summed E-state index contributed by atoms with van der Waals surface area (Å²) in [6.07, 6.45) is 0.176. The quantitative estimate of drug-likeness (QED) is 0.810. The first kappa shape index (κ1) is 12.5. The van der Waals surface area contributed by atoms with Gasteiger partial charge < -0.3 is 10.1 Å². The molecule has 1 amide bonds. The smallest absolute Gasteiger partial charge is 0.336 e. The Balaban J connectivity index is 2.10. The van der Waals surface area contributed by atoms with Crippen LogP contribution in [-0.2, 0) is 14.3 Å². The fourth-order valence-corrected chi connectivity index (χ4v) is 2.97. The second-order valence-corrected chi connectivity index (χ2v) is 5.28. The van der Waals surface area contributed by atoms with Crippen LogP contribution < -0.4 is 5.32 Å². The molecule has 1 unspecified atom stereocenters. The van der Waals surface area contributed by atoms with Crippen LogP contribution >= 0.6 is 23.2 Å². The molecule has 2 aliphatic rings. The van der Waals surface area contributed by atoms with Crippen molar-refractivity contribution in [3.05, 3.63) is 45.1 Å². The number of ether oxygens (including phenoxy) is 1. The molecule has 1 atom stereocenters. The number of halogens is 2. The second-order valence-electron chi connectivity index (χ2n) is 4.44. The average molecular weight is 298 g/mol. The predicted octanol–water partition coefficient (Wildman–Crippen LogP) is 2.41. The number of esters is 1. The number of benzene rings is 1. The predicted molar refractivity (Wildman–Crippen MR) is 69.9 cm³/mol. The normalized spacial score (nSPS) is 22.1. The zero-order valence-corrected chi connectivity index (χ0v) is 11.2. The molecule has 1 aromatic carbocycles. The van der Waals surface area contributed by atoms with E-state index in [0.717, 1.165) is 0 Å². The third-order valence-corrected chi connectivity index (χ3v) is 3.82. The summed E-state index contributed by atoms with van der Waals surface area (Å²) >= 11 is 12.0. The van der Waals surface area contributed by atoms with Crippen LogP contribution in [0.2, 0.25) is 10.0 Å². The minimum atomic E-state index is -0.397. The molecule has 6 heteroatoms. The van der Waals surface area contributed by atoms with Gasteiger partial charge in [0.15, 0.2) is 0 Å². The molecule has 0 aromatic heterocycles. The third-order valence-electron chi connectivity index (χ3n) is 3.26. The van der Waals surface area contributed by atoms with Gasteiger partial charge in [0.2, 0.25) is 5.91 Å². The van der Waals surface area contributed by atoms with Crippen molar-refractivity contribution >= 4 is 35.1 Å². The summed E-state index contributed by atoms with van der Waals surface area (Å²) in [6, 6.07) is 5.03. The van der Waals surface area contributed by atoms with Crippen molar-refractivity contribution in [1.82, 2.24) is 5.32 Å². The SMILES string of the molecule is O=C1CC(c2ccc(Cl)cc2Cl)C2=C(COC2=O)N1. The Morgan fingerprint density at radius 2 is 2.05 bits per heavy atom. The van der Waals surface area contributed by atoms with Gasteiger partial charge in [0, 0.05) is 22.4 Å². The average Bonchev–Trinajstić information content (AvgIpc) is 2.70. The van der Waals surface area contributed by atoms with Gasteiger partial charge in [-0.15, -0.1) is 0 Å². The van der Waals surface area contributed by atoms with Gasteiger partial charge >= 0.3 is 5.97 Å². The minimum Gasteiger partial charge on any atom is -0.456 e. The summed E-state index contributed by atoms with van der Waals surface area (Å²) in [4.78, 5) is 23.5. The van der Waals surface area contributed by atoms with Gasteiger partial charge in [-0.1, -0.05) is 29.3 Å². The van der Waals surface area contributed by atoms with Crippen LogP contribution in [0, 0.1) is 0 Å². The van der Waals surface area contributed by atoms with E-state index in [4.69, 9.17) is 27.9 Å². The first-order chi connectivity index (χ1) is 9.06. The summed E-state index contributed by atoms with van der Waals surface area (Å²) in [5.41, 5.74) is 1.74. The fourth-order valence-electron chi connectivity index (χ4n) is 2.43. The summed E-state index contributed by atoms with van der Waals surface area (Å²) in [6.45, 7) is 0.113. The molecule has 0 radical (unpaired) electrons. The van der Waals surface area contributed by atoms with E-state index in [0.29, 0.717) is 26.9 Å². The molecule has 4 nitrogen and oxygen atoms in total. The van der Waals surface area contributed by atoms with Crippen LogP contribution in [0.5, 0.6) is 0 Å². The van der Waals surface area contributed by atoms with E-state index in [2.05, 4.69) is 5.32 Å². The zero-order valence-electron chi connectivity index (χ0n) is 9.70. The van der Waals surface area contributed by atoms with Crippen LogP contribution in [0.3, 0.4) is 0 Å². The van der Waals surface area contributed by atoms with Gasteiger partial charge in [-0.3, -0.25) is 4.79 Å². The number of hydrogen-bond donors (Lipinski definition) is 1. The Bertz CT molecular complexity index is 624. The van der Waals surface area contributed by atoms with Gasteiger partial charge in [0.1, 0.15) is 6.61 Å². The Labute approximate surface area is 119 Å². The van der Waals surface area contributed by atoms with Crippen molar-refractivity contribution in [2.45, 2.75) is 12.3 Å². The number of amides is 1. The highest BCUT2D eigenvalue weighted by molar-refractivity contribution is 6.35. The lowest BCUT2D eigenvalue weighted by molar-refractivity contribution is -0.136. The maximum Gasteiger partial charge on any atom is 0.336 e. The Morgan fingerprint density at radius 3 is 2.79 bits per heavy atom. The highest BCUT2D eigenvalue weighted by Crippen LogP contribution is 2.39. The van der Waals surface area contributed by atoms with Crippen molar-refractivity contribution in [2.75, 3.05) is 6.61 Å². The van der Waals surface area contributed by atoms with E-state index in [-0.39, 0.29) is 24.9 Å². The van der Waals surface area contributed by atoms with Gasteiger partial charge in [0.25, 0.3) is 0 Å².